The molecule has 0 saturated carbocycles. The zero-order valence-corrected chi connectivity index (χ0v) is 8.08. The summed E-state index contributed by atoms with van der Waals surface area (Å²) in [5.74, 6) is -0.553. The highest BCUT2D eigenvalue weighted by atomic mass is 16.6. The summed E-state index contributed by atoms with van der Waals surface area (Å²) in [5.41, 5.74) is -0.224. The summed E-state index contributed by atoms with van der Waals surface area (Å²) in [6.45, 7) is 3.99. The van der Waals surface area contributed by atoms with Gasteiger partial charge in [-0.25, -0.2) is 4.79 Å². The van der Waals surface area contributed by atoms with Crippen molar-refractivity contribution in [3.05, 3.63) is 0 Å². The lowest BCUT2D eigenvalue weighted by Crippen LogP contribution is -2.39. The molecule has 1 unspecified atom stereocenters. The van der Waals surface area contributed by atoms with Crippen molar-refractivity contribution < 1.29 is 19.4 Å². The molecule has 13 heavy (non-hydrogen) atoms. The summed E-state index contributed by atoms with van der Waals surface area (Å²) in [4.78, 5) is 10.8. The molecule has 0 aromatic carbocycles. The van der Waals surface area contributed by atoms with Crippen LogP contribution in [-0.4, -0.2) is 36.0 Å². The van der Waals surface area contributed by atoms with Crippen LogP contribution in [0.4, 0.5) is 0 Å². The molecule has 0 bridgehead atoms. The van der Waals surface area contributed by atoms with Gasteiger partial charge < -0.3 is 14.6 Å². The standard InChI is InChI=1S/C9H16O4/c1-9(2)5-7(3-4-12-9)13-8(11)6-10/h7,10H,3-6H2,1-2H3. The fourth-order valence-corrected chi connectivity index (χ4v) is 1.50. The van der Waals surface area contributed by atoms with Gasteiger partial charge in [-0.1, -0.05) is 0 Å². The van der Waals surface area contributed by atoms with Gasteiger partial charge in [0.05, 0.1) is 12.2 Å². The number of esters is 1. The van der Waals surface area contributed by atoms with Crippen LogP contribution in [-0.2, 0) is 14.3 Å². The molecule has 0 aromatic heterocycles. The Morgan fingerprint density at radius 2 is 2.38 bits per heavy atom. The first-order valence-electron chi connectivity index (χ1n) is 4.48. The average Bonchev–Trinajstić information content (AvgIpc) is 2.02. The van der Waals surface area contributed by atoms with Crippen LogP contribution in [0, 0.1) is 0 Å². The second-order valence-corrected chi connectivity index (χ2v) is 3.87. The Balaban J connectivity index is 2.39. The van der Waals surface area contributed by atoms with E-state index in [1.54, 1.807) is 0 Å². The molecule has 0 amide bonds. The van der Waals surface area contributed by atoms with Crippen LogP contribution in [0.1, 0.15) is 26.7 Å². The van der Waals surface area contributed by atoms with E-state index in [0.717, 1.165) is 6.42 Å². The van der Waals surface area contributed by atoms with E-state index < -0.39 is 12.6 Å². The molecule has 1 rings (SSSR count). The summed E-state index contributed by atoms with van der Waals surface area (Å²) in [6, 6.07) is 0. The number of carbonyl (C=O) groups is 1. The maximum absolute atomic E-state index is 10.8. The number of carbonyl (C=O) groups excluding carboxylic acids is 1. The zero-order valence-electron chi connectivity index (χ0n) is 8.08. The van der Waals surface area contributed by atoms with Gasteiger partial charge in [0.25, 0.3) is 0 Å². The molecule has 0 spiro atoms. The maximum Gasteiger partial charge on any atom is 0.332 e. The summed E-state index contributed by atoms with van der Waals surface area (Å²) >= 11 is 0. The summed E-state index contributed by atoms with van der Waals surface area (Å²) in [6.07, 6.45) is 1.30. The van der Waals surface area contributed by atoms with Crippen molar-refractivity contribution in [1.29, 1.82) is 0 Å². The summed E-state index contributed by atoms with van der Waals surface area (Å²) < 4.78 is 10.5. The topological polar surface area (TPSA) is 55.8 Å². The predicted octanol–water partition coefficient (Wildman–Crippen LogP) is 0.480. The first-order valence-corrected chi connectivity index (χ1v) is 4.48. The third-order valence-electron chi connectivity index (χ3n) is 2.08. The fraction of sp³-hybridized carbons (Fsp3) is 0.889. The Morgan fingerprint density at radius 3 is 2.92 bits per heavy atom. The van der Waals surface area contributed by atoms with Gasteiger partial charge in [-0.3, -0.25) is 0 Å². The van der Waals surface area contributed by atoms with Crippen LogP contribution < -0.4 is 0 Å². The van der Waals surface area contributed by atoms with E-state index in [9.17, 15) is 4.79 Å². The fourth-order valence-electron chi connectivity index (χ4n) is 1.50. The normalized spacial score (nSPS) is 26.8. The second-order valence-electron chi connectivity index (χ2n) is 3.87. The first-order chi connectivity index (χ1) is 6.03. The number of aliphatic hydroxyl groups is 1. The average molecular weight is 188 g/mol. The molecule has 4 heteroatoms. The monoisotopic (exact) mass is 188 g/mol. The molecule has 1 atom stereocenters. The Morgan fingerprint density at radius 1 is 1.69 bits per heavy atom. The molecule has 0 aliphatic carbocycles. The third-order valence-corrected chi connectivity index (χ3v) is 2.08. The minimum Gasteiger partial charge on any atom is -0.460 e. The molecule has 76 valence electrons. The van der Waals surface area contributed by atoms with Crippen LogP contribution in [0.5, 0.6) is 0 Å². The van der Waals surface area contributed by atoms with Crippen LogP contribution in [0.25, 0.3) is 0 Å². The van der Waals surface area contributed by atoms with Crippen molar-refractivity contribution in [2.45, 2.75) is 38.4 Å². The number of hydrogen-bond acceptors (Lipinski definition) is 4. The minimum absolute atomic E-state index is 0.108. The van der Waals surface area contributed by atoms with Crippen LogP contribution >= 0.6 is 0 Å². The van der Waals surface area contributed by atoms with Crippen LogP contribution in [0.3, 0.4) is 0 Å². The van der Waals surface area contributed by atoms with Crippen molar-refractivity contribution in [2.24, 2.45) is 0 Å². The van der Waals surface area contributed by atoms with Crippen molar-refractivity contribution in [3.8, 4) is 0 Å². The molecule has 1 aliphatic heterocycles. The second kappa shape index (κ2) is 4.07. The number of hydrogen-bond donors (Lipinski definition) is 1. The smallest absolute Gasteiger partial charge is 0.332 e. The van der Waals surface area contributed by atoms with E-state index in [1.165, 1.54) is 0 Å². The molecule has 0 radical (unpaired) electrons. The molecular weight excluding hydrogens is 172 g/mol. The van der Waals surface area contributed by atoms with Crippen molar-refractivity contribution in [2.75, 3.05) is 13.2 Å². The highest BCUT2D eigenvalue weighted by Crippen LogP contribution is 2.25. The lowest BCUT2D eigenvalue weighted by molar-refractivity contribution is -0.164. The summed E-state index contributed by atoms with van der Waals surface area (Å²) in [5, 5.41) is 8.49. The Bertz CT molecular complexity index is 188. The molecule has 4 nitrogen and oxygen atoms in total. The molecule has 0 aromatic rings. The first kappa shape index (κ1) is 10.5. The maximum atomic E-state index is 10.8. The zero-order chi connectivity index (χ0) is 9.90. The van der Waals surface area contributed by atoms with Gasteiger partial charge in [0.15, 0.2) is 0 Å². The van der Waals surface area contributed by atoms with Gasteiger partial charge in [-0.15, -0.1) is 0 Å². The van der Waals surface area contributed by atoms with Crippen LogP contribution in [0.2, 0.25) is 0 Å². The Hall–Kier alpha value is -0.610. The highest BCUT2D eigenvalue weighted by molar-refractivity contribution is 5.70. The largest absolute Gasteiger partial charge is 0.460 e. The van der Waals surface area contributed by atoms with E-state index >= 15 is 0 Å². The lowest BCUT2D eigenvalue weighted by Gasteiger charge is -2.34. The molecule has 1 saturated heterocycles. The molecule has 1 fully saturated rings. The van der Waals surface area contributed by atoms with Crippen molar-refractivity contribution in [3.63, 3.8) is 0 Å². The Kier molecular flexibility index (Phi) is 3.27. The van der Waals surface area contributed by atoms with Gasteiger partial charge in [-0.05, 0) is 13.8 Å². The molecule has 1 N–H and O–H groups in total. The van der Waals surface area contributed by atoms with Crippen molar-refractivity contribution in [1.82, 2.24) is 0 Å². The van der Waals surface area contributed by atoms with E-state index in [2.05, 4.69) is 0 Å². The minimum atomic E-state index is -0.553. The third kappa shape index (κ3) is 3.32. The van der Waals surface area contributed by atoms with Crippen LogP contribution in [0.15, 0.2) is 0 Å². The number of ether oxygens (including phenoxy) is 2. The van der Waals surface area contributed by atoms with E-state index in [-0.39, 0.29) is 11.7 Å². The molecule has 1 aliphatic rings. The summed E-state index contributed by atoms with van der Waals surface area (Å²) in [7, 11) is 0. The van der Waals surface area contributed by atoms with Gasteiger partial charge in [0, 0.05) is 12.8 Å². The molecular formula is C9H16O4. The van der Waals surface area contributed by atoms with Gasteiger partial charge in [0.2, 0.25) is 0 Å². The Labute approximate surface area is 77.8 Å². The van der Waals surface area contributed by atoms with Gasteiger partial charge in [0.1, 0.15) is 12.7 Å². The van der Waals surface area contributed by atoms with Gasteiger partial charge >= 0.3 is 5.97 Å². The van der Waals surface area contributed by atoms with Crippen molar-refractivity contribution >= 4 is 5.97 Å². The van der Waals surface area contributed by atoms with E-state index in [4.69, 9.17) is 14.6 Å². The SMILES string of the molecule is CC1(C)CC(OC(=O)CO)CCO1. The quantitative estimate of drug-likeness (QED) is 0.640. The molecule has 1 heterocycles. The lowest BCUT2D eigenvalue weighted by atomic mass is 9.96. The number of rotatable bonds is 2. The number of aliphatic hydroxyl groups excluding tert-OH is 1. The predicted molar refractivity (Wildman–Crippen MR) is 46.2 cm³/mol. The highest BCUT2D eigenvalue weighted by Gasteiger charge is 2.30. The van der Waals surface area contributed by atoms with E-state index in [1.807, 2.05) is 13.8 Å². The van der Waals surface area contributed by atoms with E-state index in [0.29, 0.717) is 13.0 Å². The van der Waals surface area contributed by atoms with Gasteiger partial charge in [-0.2, -0.15) is 0 Å².